The Morgan fingerprint density at radius 1 is 1.41 bits per heavy atom. The number of carbonyl (C=O) groups excluding carboxylic acids is 1. The Morgan fingerprint density at radius 2 is 2.12 bits per heavy atom. The molecule has 0 aliphatic carbocycles. The van der Waals surface area contributed by atoms with Crippen LogP contribution in [0, 0.1) is 0 Å². The van der Waals surface area contributed by atoms with Gasteiger partial charge in [0, 0.05) is 18.9 Å². The molecule has 92 valence electrons. The molecule has 1 aromatic rings. The first kappa shape index (κ1) is 11.7. The maximum absolute atomic E-state index is 12.8. The molecule has 1 aromatic heterocycles. The highest BCUT2D eigenvalue weighted by atomic mass is 19.4. The number of anilines is 1. The van der Waals surface area contributed by atoms with E-state index in [0.717, 1.165) is 0 Å². The van der Waals surface area contributed by atoms with E-state index in [1.165, 1.54) is 12.1 Å². The summed E-state index contributed by atoms with van der Waals surface area (Å²) in [5, 5.41) is 2.50. The SMILES string of the molecule is Nc1ccc([C@@H]2CNC(=O)C2)c(C(F)(F)F)n1. The molecule has 0 radical (unpaired) electrons. The summed E-state index contributed by atoms with van der Waals surface area (Å²) < 4.78 is 38.3. The van der Waals surface area contributed by atoms with Gasteiger partial charge in [-0.1, -0.05) is 6.07 Å². The van der Waals surface area contributed by atoms with E-state index in [2.05, 4.69) is 10.3 Å². The first-order valence-corrected chi connectivity index (χ1v) is 4.98. The van der Waals surface area contributed by atoms with Crippen molar-refractivity contribution in [3.8, 4) is 0 Å². The molecule has 0 bridgehead atoms. The molecule has 1 aliphatic rings. The summed E-state index contributed by atoms with van der Waals surface area (Å²) in [6.45, 7) is 0.202. The summed E-state index contributed by atoms with van der Waals surface area (Å²) in [4.78, 5) is 14.3. The summed E-state index contributed by atoms with van der Waals surface area (Å²) in [6.07, 6.45) is -4.51. The van der Waals surface area contributed by atoms with E-state index in [9.17, 15) is 18.0 Å². The maximum atomic E-state index is 12.8. The van der Waals surface area contributed by atoms with Gasteiger partial charge in [-0.15, -0.1) is 0 Å². The van der Waals surface area contributed by atoms with Crippen LogP contribution in [-0.4, -0.2) is 17.4 Å². The van der Waals surface area contributed by atoms with E-state index in [0.29, 0.717) is 0 Å². The number of halogens is 3. The van der Waals surface area contributed by atoms with Gasteiger partial charge in [-0.2, -0.15) is 13.2 Å². The van der Waals surface area contributed by atoms with Gasteiger partial charge in [0.2, 0.25) is 5.91 Å². The molecule has 0 unspecified atom stereocenters. The second-order valence-corrected chi connectivity index (χ2v) is 3.88. The van der Waals surface area contributed by atoms with Gasteiger partial charge in [-0.25, -0.2) is 4.98 Å². The molecule has 7 heteroatoms. The van der Waals surface area contributed by atoms with Crippen molar-refractivity contribution >= 4 is 11.7 Å². The van der Waals surface area contributed by atoms with Crippen LogP contribution < -0.4 is 11.1 Å². The van der Waals surface area contributed by atoms with E-state index < -0.39 is 17.8 Å². The highest BCUT2D eigenvalue weighted by Gasteiger charge is 2.38. The van der Waals surface area contributed by atoms with Crippen molar-refractivity contribution < 1.29 is 18.0 Å². The zero-order chi connectivity index (χ0) is 12.6. The molecular weight excluding hydrogens is 235 g/mol. The molecule has 17 heavy (non-hydrogen) atoms. The summed E-state index contributed by atoms with van der Waals surface area (Å²) in [7, 11) is 0. The number of aromatic nitrogens is 1. The number of nitrogen functional groups attached to an aromatic ring is 1. The van der Waals surface area contributed by atoms with Crippen LogP contribution in [0.1, 0.15) is 23.6 Å². The fourth-order valence-electron chi connectivity index (χ4n) is 1.87. The Morgan fingerprint density at radius 3 is 2.65 bits per heavy atom. The standard InChI is InChI=1S/C10H10F3N3O/c11-10(12,13)9-6(1-2-7(14)16-9)5-3-8(17)15-4-5/h1-2,5H,3-4H2,(H2,14,16)(H,15,17)/t5-/m0/s1. The zero-order valence-corrected chi connectivity index (χ0v) is 8.71. The molecule has 1 saturated heterocycles. The minimum absolute atomic E-state index is 0.0186. The molecule has 0 saturated carbocycles. The lowest BCUT2D eigenvalue weighted by Gasteiger charge is -2.15. The molecule has 0 spiro atoms. The number of rotatable bonds is 1. The van der Waals surface area contributed by atoms with Crippen LogP contribution in [0.5, 0.6) is 0 Å². The van der Waals surface area contributed by atoms with Gasteiger partial charge in [0.1, 0.15) is 11.5 Å². The van der Waals surface area contributed by atoms with Crippen molar-refractivity contribution in [2.75, 3.05) is 12.3 Å². The quantitative estimate of drug-likeness (QED) is 0.783. The second kappa shape index (κ2) is 3.90. The first-order valence-electron chi connectivity index (χ1n) is 4.98. The maximum Gasteiger partial charge on any atom is 0.433 e. The Labute approximate surface area is 95.0 Å². The molecule has 2 rings (SSSR count). The van der Waals surface area contributed by atoms with Crippen LogP contribution in [-0.2, 0) is 11.0 Å². The van der Waals surface area contributed by atoms with Gasteiger partial charge in [-0.3, -0.25) is 4.79 Å². The molecular formula is C10H10F3N3O. The van der Waals surface area contributed by atoms with Gasteiger partial charge in [0.05, 0.1) is 0 Å². The highest BCUT2D eigenvalue weighted by Crippen LogP contribution is 2.36. The number of nitrogens with two attached hydrogens (primary N) is 1. The summed E-state index contributed by atoms with van der Waals surface area (Å²) >= 11 is 0. The molecule has 3 N–H and O–H groups in total. The van der Waals surface area contributed by atoms with Crippen LogP contribution in [0.4, 0.5) is 19.0 Å². The minimum Gasteiger partial charge on any atom is -0.384 e. The molecule has 1 amide bonds. The van der Waals surface area contributed by atoms with E-state index in [-0.39, 0.29) is 30.3 Å². The van der Waals surface area contributed by atoms with E-state index >= 15 is 0 Å². The lowest BCUT2D eigenvalue weighted by Crippen LogP contribution is -2.17. The normalized spacial score (nSPS) is 20.4. The topological polar surface area (TPSA) is 68.0 Å². The number of alkyl halides is 3. The van der Waals surface area contributed by atoms with Crippen molar-refractivity contribution in [2.45, 2.75) is 18.5 Å². The van der Waals surface area contributed by atoms with Crippen molar-refractivity contribution in [2.24, 2.45) is 0 Å². The first-order chi connectivity index (χ1) is 7.88. The lowest BCUT2D eigenvalue weighted by atomic mass is 9.96. The summed E-state index contributed by atoms with van der Waals surface area (Å²) in [6, 6.07) is 2.60. The number of carbonyl (C=O) groups is 1. The van der Waals surface area contributed by atoms with Crippen LogP contribution in [0.2, 0.25) is 0 Å². The largest absolute Gasteiger partial charge is 0.433 e. The fraction of sp³-hybridized carbons (Fsp3) is 0.400. The van der Waals surface area contributed by atoms with Gasteiger partial charge in [0.15, 0.2) is 0 Å². The summed E-state index contributed by atoms with van der Waals surface area (Å²) in [5.74, 6) is -0.925. The van der Waals surface area contributed by atoms with E-state index in [1.807, 2.05) is 0 Å². The number of nitrogens with one attached hydrogen (secondary N) is 1. The lowest BCUT2D eigenvalue weighted by molar-refractivity contribution is -0.142. The molecule has 1 aliphatic heterocycles. The third kappa shape index (κ3) is 2.32. The van der Waals surface area contributed by atoms with Crippen molar-refractivity contribution in [1.82, 2.24) is 10.3 Å². The predicted octanol–water partition coefficient (Wildman–Crippen LogP) is 1.29. The number of hydrogen-bond donors (Lipinski definition) is 2. The summed E-state index contributed by atoms with van der Waals surface area (Å²) in [5.41, 5.74) is 4.27. The Hall–Kier alpha value is -1.79. The number of nitrogens with zero attached hydrogens (tertiary/aromatic N) is 1. The van der Waals surface area contributed by atoms with Gasteiger partial charge in [0.25, 0.3) is 0 Å². The Kier molecular flexibility index (Phi) is 2.68. The smallest absolute Gasteiger partial charge is 0.384 e. The van der Waals surface area contributed by atoms with Gasteiger partial charge < -0.3 is 11.1 Å². The average Bonchev–Trinajstić information content (AvgIpc) is 2.63. The molecule has 2 heterocycles. The third-order valence-corrected chi connectivity index (χ3v) is 2.63. The van der Waals surface area contributed by atoms with Crippen molar-refractivity contribution in [3.63, 3.8) is 0 Å². The number of amides is 1. The predicted molar refractivity (Wildman–Crippen MR) is 54.0 cm³/mol. The second-order valence-electron chi connectivity index (χ2n) is 3.88. The van der Waals surface area contributed by atoms with Crippen LogP contribution in [0.3, 0.4) is 0 Å². The fourth-order valence-corrected chi connectivity index (χ4v) is 1.87. The Balaban J connectivity index is 2.43. The monoisotopic (exact) mass is 245 g/mol. The van der Waals surface area contributed by atoms with Crippen LogP contribution in [0.25, 0.3) is 0 Å². The highest BCUT2D eigenvalue weighted by molar-refractivity contribution is 5.79. The third-order valence-electron chi connectivity index (χ3n) is 2.63. The van der Waals surface area contributed by atoms with Gasteiger partial charge in [-0.05, 0) is 11.6 Å². The van der Waals surface area contributed by atoms with E-state index in [1.54, 1.807) is 0 Å². The molecule has 0 aromatic carbocycles. The average molecular weight is 245 g/mol. The van der Waals surface area contributed by atoms with Crippen LogP contribution >= 0.6 is 0 Å². The van der Waals surface area contributed by atoms with E-state index in [4.69, 9.17) is 5.73 Å². The van der Waals surface area contributed by atoms with Gasteiger partial charge >= 0.3 is 6.18 Å². The van der Waals surface area contributed by atoms with Crippen molar-refractivity contribution in [1.29, 1.82) is 0 Å². The number of pyridine rings is 1. The zero-order valence-electron chi connectivity index (χ0n) is 8.71. The van der Waals surface area contributed by atoms with Crippen molar-refractivity contribution in [3.05, 3.63) is 23.4 Å². The molecule has 1 atom stereocenters. The molecule has 4 nitrogen and oxygen atoms in total. The number of hydrogen-bond acceptors (Lipinski definition) is 3. The van der Waals surface area contributed by atoms with Crippen LogP contribution in [0.15, 0.2) is 12.1 Å². The Bertz CT molecular complexity index is 459. The molecule has 1 fully saturated rings. The minimum atomic E-state index is -4.56.